The summed E-state index contributed by atoms with van der Waals surface area (Å²) in [7, 11) is -15.9. The molecule has 0 aliphatic heterocycles. The Morgan fingerprint density at radius 2 is 1.11 bits per heavy atom. The Hall–Kier alpha value is -3.98. The third-order valence-corrected chi connectivity index (χ3v) is 19.7. The molecule has 246 valence electrons. The zero-order chi connectivity index (χ0) is 34.4. The van der Waals surface area contributed by atoms with Crippen LogP contribution in [-0.4, -0.2) is 76.8 Å². The van der Waals surface area contributed by atoms with Crippen LogP contribution in [0.25, 0.3) is 34.2 Å². The Morgan fingerprint density at radius 1 is 0.681 bits per heavy atom. The van der Waals surface area contributed by atoms with Crippen LogP contribution in [0.1, 0.15) is 17.3 Å². The van der Waals surface area contributed by atoms with Gasteiger partial charge in [0.1, 0.15) is 11.4 Å². The van der Waals surface area contributed by atoms with Crippen molar-refractivity contribution in [2.45, 2.75) is 6.92 Å². The van der Waals surface area contributed by atoms with Gasteiger partial charge in [0.05, 0.1) is 40.5 Å². The molecule has 3 aromatic heterocycles. The van der Waals surface area contributed by atoms with Crippen LogP contribution in [0.15, 0.2) is 73.1 Å². The molecule has 5 aromatic rings. The average Bonchev–Trinajstić information content (AvgIpc) is 3.70. The quantitative estimate of drug-likeness (QED) is 0.0999. The van der Waals surface area contributed by atoms with Gasteiger partial charge >= 0.3 is 28.7 Å². The molecule has 0 atom stereocenters. The number of nitrogens with zero attached hydrogens (tertiary/aromatic N) is 7. The average molecular weight is 724 g/mol. The number of hydrogen-bond acceptors (Lipinski definition) is 10. The van der Waals surface area contributed by atoms with Crippen molar-refractivity contribution in [3.8, 4) is 34.2 Å². The molecule has 0 fully saturated rings. The summed E-state index contributed by atoms with van der Waals surface area (Å²) in [6.07, 6.45) is 2.89. The van der Waals surface area contributed by atoms with Gasteiger partial charge in [0, 0.05) is 17.4 Å². The summed E-state index contributed by atoms with van der Waals surface area (Å²) in [4.78, 5) is 74.1. The topological polar surface area (TPSA) is 293 Å². The van der Waals surface area contributed by atoms with Gasteiger partial charge in [-0.3, -0.25) is 23.1 Å². The summed E-state index contributed by atoms with van der Waals surface area (Å²) in [5.74, 6) is -0.430. The van der Waals surface area contributed by atoms with Crippen LogP contribution in [0.3, 0.4) is 0 Å². The fourth-order valence-electron chi connectivity index (χ4n) is 4.25. The van der Waals surface area contributed by atoms with Crippen LogP contribution < -0.4 is 15.9 Å². The highest BCUT2D eigenvalue weighted by Gasteiger charge is 2.57. The van der Waals surface area contributed by atoms with Gasteiger partial charge in [-0.05, 0) is 67.6 Å². The van der Waals surface area contributed by atoms with Crippen LogP contribution in [0.4, 0.5) is 0 Å². The van der Waals surface area contributed by atoms with Crippen molar-refractivity contribution in [1.82, 2.24) is 40.3 Å². The molecule has 0 radical (unpaired) electrons. The van der Waals surface area contributed by atoms with E-state index in [-0.39, 0.29) is 39.3 Å². The minimum Gasteiger partial charge on any atom is -0.352 e. The number of amides is 1. The van der Waals surface area contributed by atoms with E-state index in [4.69, 9.17) is 0 Å². The normalized spacial score (nSPS) is 12.7. The number of nitrogens with one attached hydrogen (secondary N) is 1. The summed E-state index contributed by atoms with van der Waals surface area (Å²) in [6.45, 7) is -3.42. The van der Waals surface area contributed by atoms with Gasteiger partial charge in [-0.2, -0.15) is 0 Å². The van der Waals surface area contributed by atoms with E-state index in [1.54, 1.807) is 6.92 Å². The SMILES string of the molecule is CCNC(=O)c1cc(-c2cn(-c3ccc(P(=O)(O)O)cc3)nn2)nc(-c2cn(-c3ccc(P(=O)(P(=O)(O)O)P(=O)(O)O)cc3)nn2)c1. The predicted molar refractivity (Wildman–Crippen MR) is 166 cm³/mol. The van der Waals surface area contributed by atoms with Crippen molar-refractivity contribution in [2.24, 2.45) is 0 Å². The fraction of sp³-hybridized carbons (Fsp3) is 0.0833. The number of rotatable bonds is 10. The van der Waals surface area contributed by atoms with Crippen molar-refractivity contribution in [3.05, 3.63) is 78.6 Å². The molecule has 0 spiro atoms. The van der Waals surface area contributed by atoms with Crippen LogP contribution in [0.5, 0.6) is 0 Å². The number of pyridine rings is 1. The van der Waals surface area contributed by atoms with Gasteiger partial charge in [0.15, 0.2) is 0 Å². The first-order chi connectivity index (χ1) is 21.9. The summed E-state index contributed by atoms with van der Waals surface area (Å²) in [6, 6.07) is 12.5. The number of carbonyl (C=O) groups is 1. The lowest BCUT2D eigenvalue weighted by Gasteiger charge is -2.20. The van der Waals surface area contributed by atoms with Gasteiger partial charge in [0.25, 0.3) is 5.91 Å². The maximum Gasteiger partial charge on any atom is 0.397 e. The van der Waals surface area contributed by atoms with E-state index in [2.05, 4.69) is 30.9 Å². The molecular formula is C24H24N8O11P4. The van der Waals surface area contributed by atoms with E-state index in [1.807, 2.05) is 0 Å². The van der Waals surface area contributed by atoms with Gasteiger partial charge in [0.2, 0.25) is 0 Å². The highest BCUT2D eigenvalue weighted by Crippen LogP contribution is 2.93. The minimum absolute atomic E-state index is 0.165. The Balaban J connectivity index is 1.50. The third kappa shape index (κ3) is 6.86. The molecular weight excluding hydrogens is 700 g/mol. The summed E-state index contributed by atoms with van der Waals surface area (Å²) >= 11 is 0. The van der Waals surface area contributed by atoms with Gasteiger partial charge in [-0.1, -0.05) is 10.4 Å². The highest BCUT2D eigenvalue weighted by molar-refractivity contribution is 8.64. The first-order valence-electron chi connectivity index (χ1n) is 13.1. The lowest BCUT2D eigenvalue weighted by Crippen LogP contribution is -2.22. The molecule has 47 heavy (non-hydrogen) atoms. The maximum atomic E-state index is 12.9. The van der Waals surface area contributed by atoms with Gasteiger partial charge in [-0.15, -0.1) is 10.2 Å². The van der Waals surface area contributed by atoms with Crippen molar-refractivity contribution >= 4 is 45.2 Å². The molecule has 0 saturated heterocycles. The van der Waals surface area contributed by atoms with Crippen LogP contribution in [-0.2, 0) is 18.3 Å². The number of hydrogen-bond donors (Lipinski definition) is 7. The summed E-state index contributed by atoms with van der Waals surface area (Å²) in [5, 5.41) is 18.0. The van der Waals surface area contributed by atoms with Gasteiger partial charge < -0.3 is 34.7 Å². The summed E-state index contributed by atoms with van der Waals surface area (Å²) in [5.41, 5.74) is 1.64. The van der Waals surface area contributed by atoms with E-state index < -0.39 is 39.9 Å². The second kappa shape index (κ2) is 12.6. The first-order valence-corrected chi connectivity index (χ1v) is 21.0. The van der Waals surface area contributed by atoms with E-state index >= 15 is 0 Å². The Kier molecular flexibility index (Phi) is 9.18. The molecule has 19 nitrogen and oxygen atoms in total. The van der Waals surface area contributed by atoms with E-state index in [1.165, 1.54) is 70.3 Å². The van der Waals surface area contributed by atoms with Crippen LogP contribution in [0.2, 0.25) is 0 Å². The summed E-state index contributed by atoms with van der Waals surface area (Å²) < 4.78 is 50.6. The second-order valence-corrected chi connectivity index (χ2v) is 22.4. The molecule has 7 N–H and O–H groups in total. The third-order valence-electron chi connectivity index (χ3n) is 6.54. The lowest BCUT2D eigenvalue weighted by molar-refractivity contribution is 0.0955. The molecule has 23 heteroatoms. The zero-order valence-corrected chi connectivity index (χ0v) is 27.4. The second-order valence-electron chi connectivity index (χ2n) is 9.73. The van der Waals surface area contributed by atoms with Crippen molar-refractivity contribution in [2.75, 3.05) is 6.54 Å². The number of carbonyl (C=O) groups excluding carboxylic acids is 1. The highest BCUT2D eigenvalue weighted by atomic mass is 32.5. The predicted octanol–water partition coefficient (Wildman–Crippen LogP) is 1.30. The van der Waals surface area contributed by atoms with Crippen LogP contribution >= 0.6 is 28.7 Å². The minimum atomic E-state index is -5.75. The molecule has 0 saturated carbocycles. The largest absolute Gasteiger partial charge is 0.397 e. The van der Waals surface area contributed by atoms with Crippen molar-refractivity contribution < 1.29 is 52.4 Å². The monoisotopic (exact) mass is 724 g/mol. The molecule has 1 amide bonds. The Bertz CT molecular complexity index is 2140. The Morgan fingerprint density at radius 3 is 1.49 bits per heavy atom. The molecule has 3 heterocycles. The molecule has 0 unspecified atom stereocenters. The lowest BCUT2D eigenvalue weighted by atomic mass is 10.1. The van der Waals surface area contributed by atoms with E-state index in [0.717, 1.165) is 12.1 Å². The van der Waals surface area contributed by atoms with Crippen molar-refractivity contribution in [1.29, 1.82) is 0 Å². The van der Waals surface area contributed by atoms with E-state index in [0.29, 0.717) is 12.2 Å². The maximum absolute atomic E-state index is 12.9. The number of benzene rings is 2. The smallest absolute Gasteiger partial charge is 0.352 e. The fourth-order valence-corrected chi connectivity index (χ4v) is 12.5. The number of aromatic nitrogens is 7. The Labute approximate surface area is 264 Å². The van der Waals surface area contributed by atoms with E-state index in [9.17, 15) is 52.4 Å². The molecule has 0 aliphatic rings. The molecule has 2 aromatic carbocycles. The molecule has 5 rings (SSSR count). The molecule has 0 aliphatic carbocycles. The standard InChI is InChI=1S/C24H24N8O11P4/c1-2-25-24(33)15-11-20(22-13-31(29-27-22)16-3-7-18(8-4-16)44(34,35)36)26-21(12-15)23-14-32(30-28-23)17-5-9-19(10-6-17)45(37,46(38,39)40)47(41,42)43/h3-14H,2H2,1H3,(H,25,33)(H2,34,35,36)(H2,38,39,40)(H2,41,42,43). The van der Waals surface area contributed by atoms with Crippen molar-refractivity contribution in [3.63, 3.8) is 0 Å². The first kappa shape index (κ1) is 34.4. The zero-order valence-electron chi connectivity index (χ0n) is 23.8. The molecule has 0 bridgehead atoms. The van der Waals surface area contributed by atoms with Gasteiger partial charge in [-0.25, -0.2) is 14.3 Å². The van der Waals surface area contributed by atoms with Crippen LogP contribution in [0, 0.1) is 0 Å².